The molecule has 1 saturated heterocycles. The number of hydrogen-bond donors (Lipinski definition) is 0. The van der Waals surface area contributed by atoms with Crippen LogP contribution in [0.4, 0.5) is 0 Å². The van der Waals surface area contributed by atoms with Crippen LogP contribution < -0.4 is 0 Å². The van der Waals surface area contributed by atoms with Crippen molar-refractivity contribution in [3.05, 3.63) is 0 Å². The summed E-state index contributed by atoms with van der Waals surface area (Å²) in [5, 5.41) is 0. The number of carbonyl (C=O) groups is 1. The maximum atomic E-state index is 11.5. The molecule has 0 spiro atoms. The molecule has 4 nitrogen and oxygen atoms in total. The first-order valence-corrected chi connectivity index (χ1v) is 6.26. The first-order valence-electron chi connectivity index (χ1n) is 4.65. The normalized spacial score (nSPS) is 27.2. The molecule has 0 aromatic rings. The molecule has 0 radical (unpaired) electrons. The van der Waals surface area contributed by atoms with E-state index in [0.29, 0.717) is 13.0 Å². The van der Waals surface area contributed by atoms with Crippen LogP contribution in [0.25, 0.3) is 0 Å². The van der Waals surface area contributed by atoms with E-state index in [2.05, 4.69) is 0 Å². The molecule has 0 N–H and O–H groups in total. The summed E-state index contributed by atoms with van der Waals surface area (Å²) in [5.74, 6) is -0.0153. The summed E-state index contributed by atoms with van der Waals surface area (Å²) in [6.07, 6.45) is 3.24. The van der Waals surface area contributed by atoms with Crippen molar-refractivity contribution in [1.29, 1.82) is 0 Å². The number of sulfonamides is 1. The highest BCUT2D eigenvalue weighted by Gasteiger charge is 2.39. The molecule has 1 heterocycles. The van der Waals surface area contributed by atoms with Crippen LogP contribution in [-0.2, 0) is 14.8 Å². The van der Waals surface area contributed by atoms with Gasteiger partial charge in [0.25, 0.3) is 0 Å². The lowest BCUT2D eigenvalue weighted by atomic mass is 10.3. The molecule has 13 heavy (non-hydrogen) atoms. The molecule has 0 bridgehead atoms. The van der Waals surface area contributed by atoms with Gasteiger partial charge in [-0.3, -0.25) is 4.79 Å². The molecule has 74 valence electrons. The van der Waals surface area contributed by atoms with Gasteiger partial charge in [0.1, 0.15) is 0 Å². The summed E-state index contributed by atoms with van der Waals surface area (Å²) in [7, 11) is -3.24. The Morgan fingerprint density at radius 1 is 1.23 bits per heavy atom. The van der Waals surface area contributed by atoms with Crippen LogP contribution in [0.2, 0.25) is 0 Å². The lowest BCUT2D eigenvalue weighted by Crippen LogP contribution is -2.42. The second-order valence-corrected chi connectivity index (χ2v) is 5.72. The van der Waals surface area contributed by atoms with Crippen molar-refractivity contribution in [2.45, 2.75) is 25.7 Å². The molecule has 0 atom stereocenters. The van der Waals surface area contributed by atoms with Gasteiger partial charge in [-0.05, 0) is 25.7 Å². The van der Waals surface area contributed by atoms with Gasteiger partial charge in [0.05, 0.1) is 5.75 Å². The Kier molecular flexibility index (Phi) is 2.06. The minimum Gasteiger partial charge on any atom is -0.273 e. The van der Waals surface area contributed by atoms with Crippen molar-refractivity contribution in [2.24, 2.45) is 5.92 Å². The van der Waals surface area contributed by atoms with Gasteiger partial charge in [-0.25, -0.2) is 12.7 Å². The maximum Gasteiger partial charge on any atom is 0.239 e. The van der Waals surface area contributed by atoms with Crippen molar-refractivity contribution in [2.75, 3.05) is 12.3 Å². The molecule has 2 rings (SSSR count). The molecule has 1 aliphatic heterocycles. The number of hydrogen-bond acceptors (Lipinski definition) is 3. The monoisotopic (exact) mass is 203 g/mol. The van der Waals surface area contributed by atoms with E-state index in [0.717, 1.165) is 23.6 Å². The summed E-state index contributed by atoms with van der Waals surface area (Å²) in [6, 6.07) is 0. The summed E-state index contributed by atoms with van der Waals surface area (Å²) in [6.45, 7) is 0.400. The van der Waals surface area contributed by atoms with Gasteiger partial charge in [0.2, 0.25) is 15.9 Å². The molecule has 0 aromatic heterocycles. The first kappa shape index (κ1) is 8.99. The molecular weight excluding hydrogens is 190 g/mol. The van der Waals surface area contributed by atoms with Crippen molar-refractivity contribution >= 4 is 15.9 Å². The lowest BCUT2D eigenvalue weighted by molar-refractivity contribution is -0.128. The first-order chi connectivity index (χ1) is 6.11. The average Bonchev–Trinajstić information content (AvgIpc) is 2.84. The Hall–Kier alpha value is -0.580. The standard InChI is InChI=1S/C8H13NO3S/c10-8(7-3-4-7)9-5-1-2-6-13(9,11)12/h7H,1-6H2. The number of carbonyl (C=O) groups excluding carboxylic acids is 1. The van der Waals surface area contributed by atoms with Crippen molar-refractivity contribution in [1.82, 2.24) is 4.31 Å². The summed E-state index contributed by atoms with van der Waals surface area (Å²) >= 11 is 0. The van der Waals surface area contributed by atoms with Gasteiger partial charge in [0.15, 0.2) is 0 Å². The number of amides is 1. The second kappa shape index (κ2) is 2.97. The van der Waals surface area contributed by atoms with Gasteiger partial charge >= 0.3 is 0 Å². The SMILES string of the molecule is O=C(C1CC1)N1CCCCS1(=O)=O. The van der Waals surface area contributed by atoms with Gasteiger partial charge in [0, 0.05) is 12.5 Å². The van der Waals surface area contributed by atoms with E-state index in [1.807, 2.05) is 0 Å². The van der Waals surface area contributed by atoms with Gasteiger partial charge in [-0.15, -0.1) is 0 Å². The lowest BCUT2D eigenvalue weighted by Gasteiger charge is -2.26. The van der Waals surface area contributed by atoms with Crippen LogP contribution in [0.5, 0.6) is 0 Å². The number of rotatable bonds is 1. The smallest absolute Gasteiger partial charge is 0.239 e. The highest BCUT2D eigenvalue weighted by molar-refractivity contribution is 7.89. The minimum atomic E-state index is -3.24. The van der Waals surface area contributed by atoms with E-state index in [9.17, 15) is 13.2 Å². The zero-order valence-electron chi connectivity index (χ0n) is 7.40. The Balaban J connectivity index is 2.15. The maximum absolute atomic E-state index is 11.5. The molecule has 5 heteroatoms. The minimum absolute atomic E-state index is 0.00729. The fraction of sp³-hybridized carbons (Fsp3) is 0.875. The highest BCUT2D eigenvalue weighted by Crippen LogP contribution is 2.32. The van der Waals surface area contributed by atoms with Crippen LogP contribution in [-0.4, -0.2) is 30.9 Å². The Morgan fingerprint density at radius 2 is 1.92 bits per heavy atom. The predicted octanol–water partition coefficient (Wildman–Crippen LogP) is 0.349. The largest absolute Gasteiger partial charge is 0.273 e. The third-order valence-electron chi connectivity index (χ3n) is 2.52. The second-order valence-electron chi connectivity index (χ2n) is 3.71. The molecule has 2 aliphatic rings. The Bertz CT molecular complexity index is 318. The van der Waals surface area contributed by atoms with Gasteiger partial charge < -0.3 is 0 Å². The quantitative estimate of drug-likeness (QED) is 0.618. The Morgan fingerprint density at radius 3 is 2.46 bits per heavy atom. The van der Waals surface area contributed by atoms with E-state index >= 15 is 0 Å². The van der Waals surface area contributed by atoms with E-state index in [4.69, 9.17) is 0 Å². The van der Waals surface area contributed by atoms with Crippen LogP contribution in [0.1, 0.15) is 25.7 Å². The summed E-state index contributed by atoms with van der Waals surface area (Å²) < 4.78 is 24.0. The van der Waals surface area contributed by atoms with E-state index < -0.39 is 10.0 Å². The van der Waals surface area contributed by atoms with E-state index in [-0.39, 0.29) is 17.6 Å². The van der Waals surface area contributed by atoms with E-state index in [1.54, 1.807) is 0 Å². The van der Waals surface area contributed by atoms with Gasteiger partial charge in [-0.1, -0.05) is 0 Å². The topological polar surface area (TPSA) is 54.5 Å². The average molecular weight is 203 g/mol. The van der Waals surface area contributed by atoms with Crippen LogP contribution in [0, 0.1) is 5.92 Å². The Labute approximate surface area is 78.0 Å². The fourth-order valence-electron chi connectivity index (χ4n) is 1.57. The molecule has 1 saturated carbocycles. The van der Waals surface area contributed by atoms with Crippen molar-refractivity contribution in [3.8, 4) is 0 Å². The third-order valence-corrected chi connectivity index (χ3v) is 4.36. The van der Waals surface area contributed by atoms with Crippen LogP contribution in [0.3, 0.4) is 0 Å². The molecule has 1 amide bonds. The fourth-order valence-corrected chi connectivity index (χ4v) is 3.19. The van der Waals surface area contributed by atoms with E-state index in [1.165, 1.54) is 0 Å². The third kappa shape index (κ3) is 1.70. The number of nitrogens with zero attached hydrogens (tertiary/aromatic N) is 1. The van der Waals surface area contributed by atoms with Crippen LogP contribution in [0.15, 0.2) is 0 Å². The summed E-state index contributed by atoms with van der Waals surface area (Å²) in [5.41, 5.74) is 0. The molecule has 0 unspecified atom stereocenters. The van der Waals surface area contributed by atoms with Gasteiger partial charge in [-0.2, -0.15) is 0 Å². The molecular formula is C8H13NO3S. The zero-order valence-corrected chi connectivity index (χ0v) is 8.22. The highest BCUT2D eigenvalue weighted by atomic mass is 32.2. The molecule has 1 aliphatic carbocycles. The van der Waals surface area contributed by atoms with Crippen molar-refractivity contribution < 1.29 is 13.2 Å². The predicted molar refractivity (Wildman–Crippen MR) is 47.5 cm³/mol. The molecule has 2 fully saturated rings. The zero-order chi connectivity index (χ0) is 9.47. The van der Waals surface area contributed by atoms with Crippen LogP contribution >= 0.6 is 0 Å². The van der Waals surface area contributed by atoms with Crippen molar-refractivity contribution in [3.63, 3.8) is 0 Å². The summed E-state index contributed by atoms with van der Waals surface area (Å²) in [4.78, 5) is 11.5. The molecule has 0 aromatic carbocycles.